The van der Waals surface area contributed by atoms with E-state index in [2.05, 4.69) is 31.1 Å². The maximum absolute atomic E-state index is 12.7. The minimum atomic E-state index is -0.579. The summed E-state index contributed by atoms with van der Waals surface area (Å²) in [5.41, 5.74) is 6.23. The highest BCUT2D eigenvalue weighted by Crippen LogP contribution is 2.19. The van der Waals surface area contributed by atoms with Crippen LogP contribution in [0.4, 0.5) is 11.5 Å². The molecule has 8 nitrogen and oxygen atoms in total. The van der Waals surface area contributed by atoms with Crippen LogP contribution >= 0.6 is 0 Å². The van der Waals surface area contributed by atoms with E-state index in [-0.39, 0.29) is 36.5 Å². The number of hydrogen-bond donors (Lipinski definition) is 3. The predicted molar refractivity (Wildman–Crippen MR) is 125 cm³/mol. The summed E-state index contributed by atoms with van der Waals surface area (Å²) in [5, 5.41) is 2.97. The van der Waals surface area contributed by atoms with Gasteiger partial charge in [-0.2, -0.15) is 0 Å². The number of amides is 1. The minimum absolute atomic E-state index is 0.00239. The van der Waals surface area contributed by atoms with Crippen molar-refractivity contribution in [3.05, 3.63) is 56.7 Å². The largest absolute Gasteiger partial charge is 0.383 e. The van der Waals surface area contributed by atoms with Crippen molar-refractivity contribution < 1.29 is 4.79 Å². The molecule has 2 rings (SSSR count). The van der Waals surface area contributed by atoms with Gasteiger partial charge in [0.2, 0.25) is 5.91 Å². The molecule has 1 aromatic carbocycles. The SMILES string of the molecule is CCC[C@@H](C)NC(=O)CN(CCC(C)C)c1c(N)n(Cc2ccccc2)c(=O)[nH]c1=O. The Morgan fingerprint density at radius 2 is 1.84 bits per heavy atom. The molecule has 4 N–H and O–H groups in total. The zero-order chi connectivity index (χ0) is 23.0. The summed E-state index contributed by atoms with van der Waals surface area (Å²) in [4.78, 5) is 41.9. The summed E-state index contributed by atoms with van der Waals surface area (Å²) in [6.07, 6.45) is 2.62. The average molecular weight is 430 g/mol. The fourth-order valence-corrected chi connectivity index (χ4v) is 3.49. The summed E-state index contributed by atoms with van der Waals surface area (Å²) in [6, 6.07) is 9.46. The molecule has 0 aliphatic heterocycles. The lowest BCUT2D eigenvalue weighted by Gasteiger charge is -2.27. The summed E-state index contributed by atoms with van der Waals surface area (Å²) < 4.78 is 1.34. The van der Waals surface area contributed by atoms with Gasteiger partial charge in [-0.1, -0.05) is 57.5 Å². The topological polar surface area (TPSA) is 113 Å². The number of carbonyl (C=O) groups excluding carboxylic acids is 1. The standard InChI is InChI=1S/C23H35N5O3/c1-5-9-17(4)25-19(29)15-27(13-12-16(2)3)20-21(24)28(23(31)26-22(20)30)14-18-10-7-6-8-11-18/h6-8,10-11,16-17H,5,9,12-15,24H2,1-4H3,(H,25,29)(H,26,30,31)/t17-/m1/s1. The van der Waals surface area contributed by atoms with Gasteiger partial charge in [0, 0.05) is 12.6 Å². The molecule has 0 aliphatic carbocycles. The van der Waals surface area contributed by atoms with Crippen molar-refractivity contribution >= 4 is 17.4 Å². The van der Waals surface area contributed by atoms with E-state index < -0.39 is 11.2 Å². The summed E-state index contributed by atoms with van der Waals surface area (Å²) >= 11 is 0. The Morgan fingerprint density at radius 3 is 2.45 bits per heavy atom. The Balaban J connectivity index is 2.39. The number of H-pyrrole nitrogens is 1. The van der Waals surface area contributed by atoms with E-state index in [1.54, 1.807) is 4.90 Å². The molecule has 1 aromatic heterocycles. The lowest BCUT2D eigenvalue weighted by atomic mass is 10.1. The van der Waals surface area contributed by atoms with E-state index in [1.165, 1.54) is 4.57 Å². The maximum atomic E-state index is 12.7. The zero-order valence-electron chi connectivity index (χ0n) is 19.0. The monoisotopic (exact) mass is 429 g/mol. The van der Waals surface area contributed by atoms with Gasteiger partial charge in [0.1, 0.15) is 11.5 Å². The van der Waals surface area contributed by atoms with Crippen LogP contribution in [-0.2, 0) is 11.3 Å². The Kier molecular flexibility index (Phi) is 8.90. The van der Waals surface area contributed by atoms with Crippen molar-refractivity contribution in [3.63, 3.8) is 0 Å². The van der Waals surface area contributed by atoms with Gasteiger partial charge in [-0.05, 0) is 31.2 Å². The lowest BCUT2D eigenvalue weighted by molar-refractivity contribution is -0.120. The molecule has 0 radical (unpaired) electrons. The second-order valence-corrected chi connectivity index (χ2v) is 8.43. The van der Waals surface area contributed by atoms with E-state index in [1.807, 2.05) is 37.3 Å². The van der Waals surface area contributed by atoms with E-state index in [0.717, 1.165) is 24.8 Å². The number of aromatic amines is 1. The molecule has 0 saturated heterocycles. The highest BCUT2D eigenvalue weighted by molar-refractivity contribution is 5.82. The molecule has 31 heavy (non-hydrogen) atoms. The van der Waals surface area contributed by atoms with Gasteiger partial charge < -0.3 is 16.0 Å². The third kappa shape index (κ3) is 7.01. The van der Waals surface area contributed by atoms with Crippen LogP contribution in [0.15, 0.2) is 39.9 Å². The lowest BCUT2D eigenvalue weighted by Crippen LogP contribution is -2.45. The van der Waals surface area contributed by atoms with Gasteiger partial charge in [-0.15, -0.1) is 0 Å². The van der Waals surface area contributed by atoms with Crippen LogP contribution in [0.5, 0.6) is 0 Å². The quantitative estimate of drug-likeness (QED) is 0.507. The number of rotatable bonds is 11. The van der Waals surface area contributed by atoms with E-state index >= 15 is 0 Å². The van der Waals surface area contributed by atoms with Gasteiger partial charge in [0.15, 0.2) is 0 Å². The molecule has 1 atom stereocenters. The molecular weight excluding hydrogens is 394 g/mol. The third-order valence-electron chi connectivity index (χ3n) is 5.15. The van der Waals surface area contributed by atoms with Crippen molar-refractivity contribution in [2.75, 3.05) is 23.7 Å². The van der Waals surface area contributed by atoms with Crippen LogP contribution in [0.1, 0.15) is 52.5 Å². The molecule has 2 aromatic rings. The number of aromatic nitrogens is 2. The maximum Gasteiger partial charge on any atom is 0.330 e. The van der Waals surface area contributed by atoms with E-state index in [0.29, 0.717) is 12.5 Å². The predicted octanol–water partition coefficient (Wildman–Crippen LogP) is 2.32. The number of anilines is 2. The van der Waals surface area contributed by atoms with Crippen molar-refractivity contribution in [2.24, 2.45) is 5.92 Å². The fraction of sp³-hybridized carbons (Fsp3) is 0.522. The molecule has 0 bridgehead atoms. The van der Waals surface area contributed by atoms with Crippen molar-refractivity contribution in [1.82, 2.24) is 14.9 Å². The molecule has 0 saturated carbocycles. The Morgan fingerprint density at radius 1 is 1.16 bits per heavy atom. The minimum Gasteiger partial charge on any atom is -0.383 e. The summed E-state index contributed by atoms with van der Waals surface area (Å²) in [5.74, 6) is 0.264. The molecule has 0 fully saturated rings. The smallest absolute Gasteiger partial charge is 0.330 e. The second-order valence-electron chi connectivity index (χ2n) is 8.43. The van der Waals surface area contributed by atoms with Gasteiger partial charge in [0.25, 0.3) is 5.56 Å². The first kappa shape index (κ1) is 24.2. The first-order chi connectivity index (χ1) is 14.7. The fourth-order valence-electron chi connectivity index (χ4n) is 3.49. The zero-order valence-corrected chi connectivity index (χ0v) is 19.0. The molecule has 0 aliphatic rings. The van der Waals surface area contributed by atoms with E-state index in [9.17, 15) is 14.4 Å². The van der Waals surface area contributed by atoms with E-state index in [4.69, 9.17) is 5.73 Å². The number of nitrogens with zero attached hydrogens (tertiary/aromatic N) is 2. The Bertz CT molecular complexity index is 965. The molecule has 1 heterocycles. The first-order valence-corrected chi connectivity index (χ1v) is 10.9. The van der Waals surface area contributed by atoms with Gasteiger partial charge in [0.05, 0.1) is 13.1 Å². The molecule has 170 valence electrons. The number of hydrogen-bond acceptors (Lipinski definition) is 5. The number of carbonyl (C=O) groups is 1. The van der Waals surface area contributed by atoms with Crippen LogP contribution in [0.25, 0.3) is 0 Å². The van der Waals surface area contributed by atoms with Crippen LogP contribution in [0, 0.1) is 5.92 Å². The molecule has 0 unspecified atom stereocenters. The average Bonchev–Trinajstić information content (AvgIpc) is 2.69. The summed E-state index contributed by atoms with van der Waals surface area (Å²) in [7, 11) is 0. The van der Waals surface area contributed by atoms with Crippen LogP contribution < -0.4 is 27.2 Å². The highest BCUT2D eigenvalue weighted by atomic mass is 16.2. The molecule has 8 heteroatoms. The number of benzene rings is 1. The molecule has 1 amide bonds. The Labute approximate surface area is 183 Å². The van der Waals surface area contributed by atoms with Crippen molar-refractivity contribution in [2.45, 2.75) is 59.5 Å². The van der Waals surface area contributed by atoms with Crippen LogP contribution in [-0.4, -0.2) is 34.6 Å². The molecule has 0 spiro atoms. The van der Waals surface area contributed by atoms with Gasteiger partial charge in [-0.3, -0.25) is 19.1 Å². The number of nitrogen functional groups attached to an aromatic ring is 1. The number of nitrogens with one attached hydrogen (secondary N) is 2. The van der Waals surface area contributed by atoms with Crippen LogP contribution in [0.3, 0.4) is 0 Å². The summed E-state index contributed by atoms with van der Waals surface area (Å²) in [6.45, 7) is 8.88. The Hall–Kier alpha value is -3.03. The first-order valence-electron chi connectivity index (χ1n) is 10.9. The number of nitrogens with two attached hydrogens (primary N) is 1. The van der Waals surface area contributed by atoms with Gasteiger partial charge >= 0.3 is 5.69 Å². The van der Waals surface area contributed by atoms with Crippen LogP contribution in [0.2, 0.25) is 0 Å². The normalized spacial score (nSPS) is 12.0. The van der Waals surface area contributed by atoms with Crippen molar-refractivity contribution in [3.8, 4) is 0 Å². The highest BCUT2D eigenvalue weighted by Gasteiger charge is 2.22. The van der Waals surface area contributed by atoms with Crippen molar-refractivity contribution in [1.29, 1.82) is 0 Å². The van der Waals surface area contributed by atoms with Gasteiger partial charge in [-0.25, -0.2) is 4.79 Å². The second kappa shape index (κ2) is 11.4. The third-order valence-corrected chi connectivity index (χ3v) is 5.15. The molecular formula is C23H35N5O3.